The summed E-state index contributed by atoms with van der Waals surface area (Å²) in [5.41, 5.74) is 1.13. The Morgan fingerprint density at radius 3 is 2.63 bits per heavy atom. The summed E-state index contributed by atoms with van der Waals surface area (Å²) in [5.74, 6) is -0.0371. The Morgan fingerprint density at radius 1 is 1.11 bits per heavy atom. The molecule has 1 amide bonds. The van der Waals surface area contributed by atoms with Crippen LogP contribution < -0.4 is 14.8 Å². The third-order valence-corrected chi connectivity index (χ3v) is 3.81. The number of carbonyl (C=O) groups is 2. The molecule has 0 aliphatic heterocycles. The van der Waals surface area contributed by atoms with Crippen molar-refractivity contribution in [1.82, 2.24) is 5.32 Å². The van der Waals surface area contributed by atoms with E-state index >= 15 is 0 Å². The van der Waals surface area contributed by atoms with Crippen molar-refractivity contribution in [2.24, 2.45) is 0 Å². The Bertz CT molecular complexity index is 794. The zero-order valence-corrected chi connectivity index (χ0v) is 16.0. The number of hydrogen-bond acceptors (Lipinski definition) is 5. The van der Waals surface area contributed by atoms with Gasteiger partial charge in [0.15, 0.2) is 18.1 Å². The van der Waals surface area contributed by atoms with Crippen molar-refractivity contribution < 1.29 is 23.8 Å². The first-order valence-electron chi connectivity index (χ1n) is 8.52. The fourth-order valence-electron chi connectivity index (χ4n) is 2.24. The third kappa shape index (κ3) is 6.49. The van der Waals surface area contributed by atoms with E-state index in [2.05, 4.69) is 5.32 Å². The number of methoxy groups -OCH3 is 1. The van der Waals surface area contributed by atoms with Gasteiger partial charge in [-0.1, -0.05) is 30.7 Å². The lowest BCUT2D eigenvalue weighted by molar-refractivity contribution is -0.124. The van der Waals surface area contributed by atoms with Gasteiger partial charge >= 0.3 is 5.97 Å². The number of amides is 1. The van der Waals surface area contributed by atoms with Crippen molar-refractivity contribution in [1.29, 1.82) is 0 Å². The van der Waals surface area contributed by atoms with E-state index in [9.17, 15) is 9.59 Å². The normalized spacial score (nSPS) is 10.2. The zero-order chi connectivity index (χ0) is 19.6. The molecule has 0 fully saturated rings. The summed E-state index contributed by atoms with van der Waals surface area (Å²) in [6.45, 7) is 2.46. The van der Waals surface area contributed by atoms with Crippen LogP contribution in [0.5, 0.6) is 11.5 Å². The molecule has 144 valence electrons. The topological polar surface area (TPSA) is 73.9 Å². The number of benzene rings is 2. The Labute approximate surface area is 163 Å². The van der Waals surface area contributed by atoms with E-state index in [1.165, 1.54) is 13.2 Å². The van der Waals surface area contributed by atoms with Crippen molar-refractivity contribution in [3.8, 4) is 11.5 Å². The van der Waals surface area contributed by atoms with Gasteiger partial charge in [-0.25, -0.2) is 4.79 Å². The fourth-order valence-corrected chi connectivity index (χ4v) is 2.45. The maximum Gasteiger partial charge on any atom is 0.338 e. The van der Waals surface area contributed by atoms with E-state index < -0.39 is 11.9 Å². The van der Waals surface area contributed by atoms with E-state index in [0.29, 0.717) is 29.7 Å². The second-order valence-corrected chi connectivity index (χ2v) is 6.13. The Balaban J connectivity index is 1.86. The molecular weight excluding hydrogens is 370 g/mol. The lowest BCUT2D eigenvalue weighted by atomic mass is 10.2. The average molecular weight is 392 g/mol. The van der Waals surface area contributed by atoms with Crippen LogP contribution in [0.3, 0.4) is 0 Å². The molecule has 1 N–H and O–H groups in total. The van der Waals surface area contributed by atoms with Crippen molar-refractivity contribution in [2.45, 2.75) is 19.9 Å². The molecular formula is C20H22ClNO5. The summed E-state index contributed by atoms with van der Waals surface area (Å²) < 4.78 is 15.8. The third-order valence-electron chi connectivity index (χ3n) is 3.57. The number of halogens is 1. The minimum absolute atomic E-state index is 0.276. The molecule has 7 heteroatoms. The predicted molar refractivity (Wildman–Crippen MR) is 102 cm³/mol. The summed E-state index contributed by atoms with van der Waals surface area (Å²) in [6.07, 6.45) is 0.858. The quantitative estimate of drug-likeness (QED) is 0.661. The van der Waals surface area contributed by atoms with E-state index in [1.807, 2.05) is 13.0 Å². The molecule has 0 spiro atoms. The van der Waals surface area contributed by atoms with Crippen LogP contribution in [0, 0.1) is 0 Å². The highest BCUT2D eigenvalue weighted by atomic mass is 35.5. The molecule has 0 atom stereocenters. The minimum Gasteiger partial charge on any atom is -0.493 e. The monoisotopic (exact) mass is 391 g/mol. The van der Waals surface area contributed by atoms with Gasteiger partial charge in [-0.2, -0.15) is 0 Å². The fraction of sp³-hybridized carbons (Fsp3) is 0.300. The van der Waals surface area contributed by atoms with Gasteiger partial charge in [0.1, 0.15) is 0 Å². The van der Waals surface area contributed by atoms with Gasteiger partial charge in [-0.15, -0.1) is 0 Å². The highest BCUT2D eigenvalue weighted by Gasteiger charge is 2.14. The lowest BCUT2D eigenvalue weighted by Gasteiger charge is -2.11. The standard InChI is InChI=1S/C20H22ClNO5/c1-3-9-26-17-8-7-15(11-18(17)25-2)20(24)27-13-19(23)22-12-14-5-4-6-16(21)10-14/h4-8,10-11H,3,9,12-13H2,1-2H3,(H,22,23). The van der Waals surface area contributed by atoms with Gasteiger partial charge in [0.25, 0.3) is 5.91 Å². The number of rotatable bonds is 9. The van der Waals surface area contributed by atoms with Gasteiger partial charge in [-0.05, 0) is 42.3 Å². The number of nitrogens with one attached hydrogen (secondary N) is 1. The lowest BCUT2D eigenvalue weighted by Crippen LogP contribution is -2.28. The molecule has 0 heterocycles. The summed E-state index contributed by atoms with van der Waals surface area (Å²) >= 11 is 5.89. The van der Waals surface area contributed by atoms with Crippen LogP contribution in [0.25, 0.3) is 0 Å². The first kappa shape index (κ1) is 20.6. The summed E-state index contributed by atoms with van der Waals surface area (Å²) in [4.78, 5) is 24.0. The van der Waals surface area contributed by atoms with Gasteiger partial charge in [-0.3, -0.25) is 4.79 Å². The summed E-state index contributed by atoms with van der Waals surface area (Å²) in [5, 5.41) is 3.26. The van der Waals surface area contributed by atoms with Gasteiger partial charge in [0.05, 0.1) is 19.3 Å². The Morgan fingerprint density at radius 2 is 1.93 bits per heavy atom. The van der Waals surface area contributed by atoms with Crippen LogP contribution in [-0.2, 0) is 16.1 Å². The molecule has 0 aliphatic rings. The first-order chi connectivity index (χ1) is 13.0. The SMILES string of the molecule is CCCOc1ccc(C(=O)OCC(=O)NCc2cccc(Cl)c2)cc1OC. The van der Waals surface area contributed by atoms with Crippen molar-refractivity contribution >= 4 is 23.5 Å². The van der Waals surface area contributed by atoms with Gasteiger partial charge in [0, 0.05) is 11.6 Å². The molecule has 27 heavy (non-hydrogen) atoms. The van der Waals surface area contributed by atoms with Gasteiger partial charge < -0.3 is 19.5 Å². The number of esters is 1. The maximum absolute atomic E-state index is 12.1. The Hall–Kier alpha value is -2.73. The Kier molecular flexibility index (Phi) is 7.95. The molecule has 6 nitrogen and oxygen atoms in total. The van der Waals surface area contributed by atoms with Crippen LogP contribution in [0.1, 0.15) is 29.3 Å². The highest BCUT2D eigenvalue weighted by Crippen LogP contribution is 2.28. The highest BCUT2D eigenvalue weighted by molar-refractivity contribution is 6.30. The predicted octanol–water partition coefficient (Wildman–Crippen LogP) is 3.61. The second kappa shape index (κ2) is 10.4. The molecule has 2 aromatic carbocycles. The zero-order valence-electron chi connectivity index (χ0n) is 15.3. The van der Waals surface area contributed by atoms with E-state index in [0.717, 1.165) is 12.0 Å². The smallest absolute Gasteiger partial charge is 0.338 e. The molecule has 2 rings (SSSR count). The van der Waals surface area contributed by atoms with Crippen molar-refractivity contribution in [2.75, 3.05) is 20.3 Å². The average Bonchev–Trinajstić information content (AvgIpc) is 2.68. The van der Waals surface area contributed by atoms with Crippen molar-refractivity contribution in [3.05, 3.63) is 58.6 Å². The van der Waals surface area contributed by atoms with Gasteiger partial charge in [0.2, 0.25) is 0 Å². The molecule has 0 bridgehead atoms. The number of carbonyl (C=O) groups excluding carboxylic acids is 2. The van der Waals surface area contributed by atoms with E-state index in [-0.39, 0.29) is 12.2 Å². The summed E-state index contributed by atoms with van der Waals surface area (Å²) in [7, 11) is 1.49. The van der Waals surface area contributed by atoms with Crippen LogP contribution >= 0.6 is 11.6 Å². The molecule has 0 saturated carbocycles. The number of ether oxygens (including phenoxy) is 3. The molecule has 0 unspecified atom stereocenters. The largest absolute Gasteiger partial charge is 0.493 e. The van der Waals surface area contributed by atoms with Crippen molar-refractivity contribution in [3.63, 3.8) is 0 Å². The number of hydrogen-bond donors (Lipinski definition) is 1. The summed E-state index contributed by atoms with van der Waals surface area (Å²) in [6, 6.07) is 11.9. The van der Waals surface area contributed by atoms with Crippen LogP contribution in [0.15, 0.2) is 42.5 Å². The van der Waals surface area contributed by atoms with E-state index in [4.69, 9.17) is 25.8 Å². The van der Waals surface area contributed by atoms with Crippen LogP contribution in [0.4, 0.5) is 0 Å². The van der Waals surface area contributed by atoms with Crippen LogP contribution in [0.2, 0.25) is 5.02 Å². The van der Waals surface area contributed by atoms with E-state index in [1.54, 1.807) is 30.3 Å². The molecule has 0 saturated heterocycles. The molecule has 0 aromatic heterocycles. The minimum atomic E-state index is -0.617. The second-order valence-electron chi connectivity index (χ2n) is 5.70. The molecule has 0 radical (unpaired) electrons. The molecule has 0 aliphatic carbocycles. The maximum atomic E-state index is 12.1. The first-order valence-corrected chi connectivity index (χ1v) is 8.90. The van der Waals surface area contributed by atoms with Crippen LogP contribution in [-0.4, -0.2) is 32.2 Å². The molecule has 2 aromatic rings.